The maximum Gasteiger partial charge on any atom is 0.323 e. The number of hydrogen-bond acceptors (Lipinski definition) is 1. The maximum absolute atomic E-state index is 13.3. The van der Waals surface area contributed by atoms with Gasteiger partial charge in [-0.15, -0.1) is 0 Å². The molecule has 0 radical (unpaired) electrons. The van der Waals surface area contributed by atoms with Crippen LogP contribution in [0.1, 0.15) is 25.7 Å². The lowest BCUT2D eigenvalue weighted by Crippen LogP contribution is -2.25. The van der Waals surface area contributed by atoms with E-state index in [2.05, 4.69) is 10.6 Å². The van der Waals surface area contributed by atoms with Gasteiger partial charge in [-0.1, -0.05) is 11.6 Å². The van der Waals surface area contributed by atoms with Gasteiger partial charge in [0.15, 0.2) is 0 Å². The summed E-state index contributed by atoms with van der Waals surface area (Å²) in [4.78, 5) is 11.5. The molecule has 1 saturated carbocycles. The van der Waals surface area contributed by atoms with E-state index < -0.39 is 23.4 Å². The fraction of sp³-hybridized carbons (Fsp3) is 0.308. The molecule has 96 valence electrons. The highest BCUT2D eigenvalue weighted by Gasteiger charge is 2.11. The van der Waals surface area contributed by atoms with Crippen LogP contribution in [0.15, 0.2) is 30.0 Å². The van der Waals surface area contributed by atoms with Gasteiger partial charge in [-0.25, -0.2) is 13.6 Å². The molecule has 0 unspecified atom stereocenters. The number of halogens is 2. The first kappa shape index (κ1) is 12.5. The van der Waals surface area contributed by atoms with Crippen LogP contribution in [0, 0.1) is 11.6 Å². The Bertz CT molecular complexity index is 458. The van der Waals surface area contributed by atoms with Crippen LogP contribution in [0.5, 0.6) is 0 Å². The normalized spacial score (nSPS) is 14.4. The monoisotopic (exact) mass is 252 g/mol. The molecule has 0 spiro atoms. The summed E-state index contributed by atoms with van der Waals surface area (Å²) >= 11 is 0. The highest BCUT2D eigenvalue weighted by Crippen LogP contribution is 2.22. The Labute approximate surface area is 104 Å². The number of nitrogens with one attached hydrogen (secondary N) is 2. The van der Waals surface area contributed by atoms with Crippen LogP contribution in [0.3, 0.4) is 0 Å². The van der Waals surface area contributed by atoms with Crippen LogP contribution in [0.2, 0.25) is 0 Å². The maximum atomic E-state index is 13.3. The lowest BCUT2D eigenvalue weighted by Gasteiger charge is -2.07. The number of rotatable bonds is 2. The summed E-state index contributed by atoms with van der Waals surface area (Å²) < 4.78 is 26.5. The number of carbonyl (C=O) groups is 1. The van der Waals surface area contributed by atoms with Gasteiger partial charge in [0.25, 0.3) is 0 Å². The Hall–Kier alpha value is -1.91. The van der Waals surface area contributed by atoms with Crippen molar-refractivity contribution in [3.05, 3.63) is 41.6 Å². The van der Waals surface area contributed by atoms with Crippen molar-refractivity contribution in [1.82, 2.24) is 5.32 Å². The van der Waals surface area contributed by atoms with E-state index in [1.54, 1.807) is 6.20 Å². The molecule has 0 heterocycles. The van der Waals surface area contributed by atoms with E-state index in [9.17, 15) is 13.6 Å². The third-order valence-corrected chi connectivity index (χ3v) is 2.85. The number of anilines is 1. The molecule has 0 aromatic heterocycles. The zero-order chi connectivity index (χ0) is 13.0. The molecular weight excluding hydrogens is 238 g/mol. The molecule has 0 bridgehead atoms. The molecule has 2 rings (SSSR count). The van der Waals surface area contributed by atoms with E-state index in [4.69, 9.17) is 0 Å². The number of carbonyl (C=O) groups excluding carboxylic acids is 1. The fourth-order valence-electron chi connectivity index (χ4n) is 1.91. The van der Waals surface area contributed by atoms with Gasteiger partial charge in [-0.05, 0) is 37.8 Å². The number of hydrogen-bond donors (Lipinski definition) is 2. The van der Waals surface area contributed by atoms with Crippen molar-refractivity contribution in [2.75, 3.05) is 5.32 Å². The first-order valence-corrected chi connectivity index (χ1v) is 5.86. The Morgan fingerprint density at radius 1 is 1.17 bits per heavy atom. The second-order valence-electron chi connectivity index (χ2n) is 4.20. The Kier molecular flexibility index (Phi) is 3.92. The lowest BCUT2D eigenvalue weighted by atomic mass is 10.2. The van der Waals surface area contributed by atoms with Crippen LogP contribution in [-0.4, -0.2) is 6.03 Å². The van der Waals surface area contributed by atoms with Gasteiger partial charge in [0, 0.05) is 6.20 Å². The predicted octanol–water partition coefficient (Wildman–Crippen LogP) is 3.54. The molecule has 1 aromatic rings. The minimum Gasteiger partial charge on any atom is -0.314 e. The molecule has 3 nitrogen and oxygen atoms in total. The Morgan fingerprint density at radius 3 is 2.39 bits per heavy atom. The minimum atomic E-state index is -0.793. The van der Waals surface area contributed by atoms with Gasteiger partial charge in [-0.3, -0.25) is 0 Å². The first-order chi connectivity index (χ1) is 8.66. The van der Waals surface area contributed by atoms with Crippen molar-refractivity contribution in [2.45, 2.75) is 25.7 Å². The summed E-state index contributed by atoms with van der Waals surface area (Å²) in [6.45, 7) is 0. The third kappa shape index (κ3) is 3.06. The Balaban J connectivity index is 1.96. The van der Waals surface area contributed by atoms with E-state index >= 15 is 0 Å². The summed E-state index contributed by atoms with van der Waals surface area (Å²) in [6, 6.07) is 2.79. The third-order valence-electron chi connectivity index (χ3n) is 2.85. The molecule has 1 aliphatic rings. The molecule has 1 fully saturated rings. The zero-order valence-electron chi connectivity index (χ0n) is 9.80. The molecule has 1 aliphatic carbocycles. The first-order valence-electron chi connectivity index (χ1n) is 5.86. The summed E-state index contributed by atoms with van der Waals surface area (Å²) in [5.41, 5.74) is 0.721. The number of benzene rings is 1. The zero-order valence-corrected chi connectivity index (χ0v) is 9.80. The molecule has 2 amide bonds. The van der Waals surface area contributed by atoms with E-state index in [-0.39, 0.29) is 0 Å². The smallest absolute Gasteiger partial charge is 0.314 e. The topological polar surface area (TPSA) is 41.1 Å². The Morgan fingerprint density at radius 2 is 1.78 bits per heavy atom. The average Bonchev–Trinajstić information content (AvgIpc) is 2.84. The molecule has 2 N–H and O–H groups in total. The second-order valence-corrected chi connectivity index (χ2v) is 4.20. The molecule has 18 heavy (non-hydrogen) atoms. The molecule has 0 atom stereocenters. The van der Waals surface area contributed by atoms with Gasteiger partial charge in [0.2, 0.25) is 0 Å². The van der Waals surface area contributed by atoms with Crippen LogP contribution in [0.25, 0.3) is 0 Å². The van der Waals surface area contributed by atoms with Crippen molar-refractivity contribution >= 4 is 11.7 Å². The average molecular weight is 252 g/mol. The minimum absolute atomic E-state index is 0.431. The van der Waals surface area contributed by atoms with E-state index in [0.717, 1.165) is 43.4 Å². The number of para-hydroxylation sites is 1. The van der Waals surface area contributed by atoms with Crippen molar-refractivity contribution in [2.24, 2.45) is 0 Å². The molecule has 5 heteroatoms. The highest BCUT2D eigenvalue weighted by atomic mass is 19.1. The van der Waals surface area contributed by atoms with Gasteiger partial charge >= 0.3 is 6.03 Å². The summed E-state index contributed by atoms with van der Waals surface area (Å²) in [7, 11) is 0. The van der Waals surface area contributed by atoms with Crippen LogP contribution >= 0.6 is 0 Å². The quantitative estimate of drug-likeness (QED) is 0.830. The summed E-state index contributed by atoms with van der Waals surface area (Å²) in [6.07, 6.45) is 5.79. The standard InChI is InChI=1S/C13H14F2N2O/c14-10-6-3-7-11(15)12(10)17-13(18)16-8-9-4-1-2-5-9/h3,6-8H,1-2,4-5H2,(H2,16,17,18). The van der Waals surface area contributed by atoms with Gasteiger partial charge in [0.1, 0.15) is 17.3 Å². The van der Waals surface area contributed by atoms with Crippen molar-refractivity contribution in [3.63, 3.8) is 0 Å². The lowest BCUT2D eigenvalue weighted by molar-refractivity contribution is 0.254. The van der Waals surface area contributed by atoms with Gasteiger partial charge in [-0.2, -0.15) is 0 Å². The van der Waals surface area contributed by atoms with E-state index in [0.29, 0.717) is 0 Å². The van der Waals surface area contributed by atoms with Crippen LogP contribution in [0.4, 0.5) is 19.3 Å². The van der Waals surface area contributed by atoms with E-state index in [1.807, 2.05) is 0 Å². The highest BCUT2D eigenvalue weighted by molar-refractivity contribution is 5.90. The number of urea groups is 1. The number of amides is 2. The summed E-state index contributed by atoms with van der Waals surface area (Å²) in [5.74, 6) is -1.59. The van der Waals surface area contributed by atoms with Gasteiger partial charge in [0.05, 0.1) is 0 Å². The molecule has 1 aromatic carbocycles. The fourth-order valence-corrected chi connectivity index (χ4v) is 1.91. The van der Waals surface area contributed by atoms with Crippen molar-refractivity contribution in [1.29, 1.82) is 0 Å². The summed E-state index contributed by atoms with van der Waals surface area (Å²) in [5, 5.41) is 4.64. The number of allylic oxidation sites excluding steroid dienone is 1. The van der Waals surface area contributed by atoms with Crippen LogP contribution < -0.4 is 10.6 Å². The molecule has 0 saturated heterocycles. The predicted molar refractivity (Wildman–Crippen MR) is 65.1 cm³/mol. The van der Waals surface area contributed by atoms with Crippen molar-refractivity contribution < 1.29 is 13.6 Å². The van der Waals surface area contributed by atoms with E-state index in [1.165, 1.54) is 6.07 Å². The SMILES string of the molecule is O=C(NC=C1CCCC1)Nc1c(F)cccc1F. The largest absolute Gasteiger partial charge is 0.323 e. The van der Waals surface area contributed by atoms with Crippen LogP contribution in [-0.2, 0) is 0 Å². The molecule has 0 aliphatic heterocycles. The van der Waals surface area contributed by atoms with Crippen molar-refractivity contribution in [3.8, 4) is 0 Å². The van der Waals surface area contributed by atoms with Gasteiger partial charge < -0.3 is 10.6 Å². The second kappa shape index (κ2) is 5.62. The molecular formula is C13H14F2N2O.